The molecule has 3 aromatic rings. The van der Waals surface area contributed by atoms with Gasteiger partial charge in [-0.1, -0.05) is 36.4 Å². The second-order valence-electron chi connectivity index (χ2n) is 11.3. The zero-order valence-corrected chi connectivity index (χ0v) is 25.3. The average Bonchev–Trinajstić information content (AvgIpc) is 3.69. The van der Waals surface area contributed by atoms with Crippen molar-refractivity contribution in [1.29, 1.82) is 0 Å². The third-order valence-electron chi connectivity index (χ3n) is 8.38. The molecule has 0 radical (unpaired) electrons. The van der Waals surface area contributed by atoms with Crippen LogP contribution in [0, 0.1) is 5.92 Å². The molecule has 1 saturated carbocycles. The Morgan fingerprint density at radius 3 is 2.44 bits per heavy atom. The van der Waals surface area contributed by atoms with Crippen molar-refractivity contribution in [2.45, 2.75) is 31.7 Å². The van der Waals surface area contributed by atoms with Crippen LogP contribution in [0.5, 0.6) is 11.5 Å². The van der Waals surface area contributed by atoms with Crippen LogP contribution in [0.2, 0.25) is 0 Å². The van der Waals surface area contributed by atoms with E-state index in [1.165, 1.54) is 5.56 Å². The maximum Gasteiger partial charge on any atom is 0.242 e. The number of hydrogen-bond donors (Lipinski definition) is 0. The van der Waals surface area contributed by atoms with E-state index in [-0.39, 0.29) is 30.2 Å². The van der Waals surface area contributed by atoms with E-state index in [9.17, 15) is 9.59 Å². The molecule has 2 atom stereocenters. The van der Waals surface area contributed by atoms with Crippen molar-refractivity contribution in [3.05, 3.63) is 83.8 Å². The number of carbonyl (C=O) groups is 2. The van der Waals surface area contributed by atoms with E-state index < -0.39 is 0 Å². The third-order valence-corrected chi connectivity index (χ3v) is 8.38. The van der Waals surface area contributed by atoms with Gasteiger partial charge >= 0.3 is 0 Å². The lowest BCUT2D eigenvalue weighted by molar-refractivity contribution is -0.142. The average molecular weight is 590 g/mol. The fraction of sp³-hybridized carbons (Fsp3) is 0.471. The first-order valence-electron chi connectivity index (χ1n) is 15.2. The van der Waals surface area contributed by atoms with Gasteiger partial charge in [0.1, 0.15) is 5.76 Å². The summed E-state index contributed by atoms with van der Waals surface area (Å²) in [6.45, 7) is 5.57. The van der Waals surface area contributed by atoms with Crippen molar-refractivity contribution >= 4 is 11.8 Å². The fourth-order valence-corrected chi connectivity index (χ4v) is 5.79. The molecule has 2 amide bonds. The molecule has 1 saturated heterocycles. The van der Waals surface area contributed by atoms with E-state index >= 15 is 0 Å². The summed E-state index contributed by atoms with van der Waals surface area (Å²) in [5.74, 6) is 2.14. The summed E-state index contributed by atoms with van der Waals surface area (Å²) in [6.07, 6.45) is 3.87. The van der Waals surface area contributed by atoms with Crippen LogP contribution in [0.3, 0.4) is 0 Å². The summed E-state index contributed by atoms with van der Waals surface area (Å²) in [5.41, 5.74) is 2.21. The van der Waals surface area contributed by atoms with Crippen molar-refractivity contribution in [2.75, 3.05) is 66.7 Å². The summed E-state index contributed by atoms with van der Waals surface area (Å²) in [7, 11) is 3.22. The Bertz CT molecular complexity index is 1310. The van der Waals surface area contributed by atoms with Gasteiger partial charge in [-0.15, -0.1) is 0 Å². The number of morpholine rings is 1. The van der Waals surface area contributed by atoms with Gasteiger partial charge in [0.25, 0.3) is 0 Å². The van der Waals surface area contributed by atoms with Gasteiger partial charge in [-0.05, 0) is 60.6 Å². The van der Waals surface area contributed by atoms with Crippen molar-refractivity contribution in [1.82, 2.24) is 14.7 Å². The lowest BCUT2D eigenvalue weighted by atomic mass is 10.1. The molecule has 1 aliphatic heterocycles. The van der Waals surface area contributed by atoms with Crippen molar-refractivity contribution in [3.8, 4) is 11.5 Å². The highest BCUT2D eigenvalue weighted by Crippen LogP contribution is 2.48. The second kappa shape index (κ2) is 15.1. The van der Waals surface area contributed by atoms with Gasteiger partial charge < -0.3 is 28.4 Å². The Kier molecular flexibility index (Phi) is 10.7. The number of carbonyl (C=O) groups excluding carboxylic acids is 2. The molecule has 2 unspecified atom stereocenters. The maximum absolute atomic E-state index is 13.9. The maximum atomic E-state index is 13.9. The normalized spacial score (nSPS) is 18.2. The molecule has 9 nitrogen and oxygen atoms in total. The molecule has 2 aliphatic rings. The molecule has 0 spiro atoms. The number of hydrogen-bond acceptors (Lipinski definition) is 7. The van der Waals surface area contributed by atoms with Crippen LogP contribution in [-0.2, 0) is 27.3 Å². The van der Waals surface area contributed by atoms with Crippen LogP contribution in [0.15, 0.2) is 71.3 Å². The minimum atomic E-state index is -0.0893. The molecular weight excluding hydrogens is 546 g/mol. The number of rotatable bonds is 15. The highest BCUT2D eigenvalue weighted by atomic mass is 16.5. The van der Waals surface area contributed by atoms with E-state index in [0.29, 0.717) is 43.3 Å². The number of nitrogens with zero attached hydrogens (tertiary/aromatic N) is 3. The second-order valence-corrected chi connectivity index (χ2v) is 11.3. The first kappa shape index (κ1) is 30.6. The molecule has 0 N–H and O–H groups in total. The molecule has 1 aromatic heterocycles. The summed E-state index contributed by atoms with van der Waals surface area (Å²) in [5, 5.41) is 0. The van der Waals surface area contributed by atoms with Gasteiger partial charge in [0.15, 0.2) is 11.5 Å². The van der Waals surface area contributed by atoms with Crippen LogP contribution >= 0.6 is 0 Å². The third kappa shape index (κ3) is 8.39. The van der Waals surface area contributed by atoms with Crippen LogP contribution in [0.25, 0.3) is 0 Å². The quantitative estimate of drug-likeness (QED) is 0.263. The van der Waals surface area contributed by atoms with E-state index in [4.69, 9.17) is 18.6 Å². The van der Waals surface area contributed by atoms with Crippen molar-refractivity contribution in [3.63, 3.8) is 0 Å². The zero-order valence-electron chi connectivity index (χ0n) is 25.3. The van der Waals surface area contributed by atoms with Gasteiger partial charge in [-0.25, -0.2) is 0 Å². The summed E-state index contributed by atoms with van der Waals surface area (Å²) < 4.78 is 21.9. The lowest BCUT2D eigenvalue weighted by Gasteiger charge is -2.30. The van der Waals surface area contributed by atoms with E-state index in [1.807, 2.05) is 48.5 Å². The molecule has 9 heteroatoms. The van der Waals surface area contributed by atoms with Crippen molar-refractivity contribution in [2.24, 2.45) is 5.92 Å². The summed E-state index contributed by atoms with van der Waals surface area (Å²) >= 11 is 0. The number of benzene rings is 2. The van der Waals surface area contributed by atoms with Gasteiger partial charge in [0.2, 0.25) is 11.8 Å². The smallest absolute Gasteiger partial charge is 0.242 e. The number of methoxy groups -OCH3 is 2. The molecule has 1 aliphatic carbocycles. The fourth-order valence-electron chi connectivity index (χ4n) is 5.79. The monoisotopic (exact) mass is 589 g/mol. The number of furan rings is 1. The summed E-state index contributed by atoms with van der Waals surface area (Å²) in [6, 6.07) is 19.7. The van der Waals surface area contributed by atoms with Crippen LogP contribution in [0.1, 0.15) is 35.6 Å². The molecule has 2 heterocycles. The van der Waals surface area contributed by atoms with E-state index in [1.54, 1.807) is 30.3 Å². The highest BCUT2D eigenvalue weighted by molar-refractivity contribution is 5.88. The Hall–Kier alpha value is -3.82. The molecule has 43 heavy (non-hydrogen) atoms. The Morgan fingerprint density at radius 1 is 0.930 bits per heavy atom. The van der Waals surface area contributed by atoms with Crippen molar-refractivity contribution < 1.29 is 28.2 Å². The van der Waals surface area contributed by atoms with Crippen LogP contribution in [-0.4, -0.2) is 93.2 Å². The summed E-state index contributed by atoms with van der Waals surface area (Å²) in [4.78, 5) is 33.7. The SMILES string of the molecule is COc1ccc(CCN(Cc2ccco2)C(=O)CN(CCCN2CCOCC2)C(=O)C2CC2c2ccccc2)cc1OC. The van der Waals surface area contributed by atoms with E-state index in [0.717, 1.165) is 51.3 Å². The van der Waals surface area contributed by atoms with Crippen LogP contribution in [0.4, 0.5) is 0 Å². The van der Waals surface area contributed by atoms with Crippen LogP contribution < -0.4 is 9.47 Å². The lowest BCUT2D eigenvalue weighted by Crippen LogP contribution is -2.45. The Labute approximate surface area is 254 Å². The largest absolute Gasteiger partial charge is 0.493 e. The Balaban J connectivity index is 1.27. The number of amides is 2. The molecule has 230 valence electrons. The first-order valence-corrected chi connectivity index (χ1v) is 15.2. The molecular formula is C34H43N3O6. The molecule has 0 bridgehead atoms. The minimum absolute atomic E-state index is 0.0482. The minimum Gasteiger partial charge on any atom is -0.493 e. The van der Waals surface area contributed by atoms with Gasteiger partial charge in [-0.3, -0.25) is 14.5 Å². The molecule has 2 fully saturated rings. The van der Waals surface area contributed by atoms with Gasteiger partial charge in [0.05, 0.1) is 46.8 Å². The van der Waals surface area contributed by atoms with Gasteiger partial charge in [-0.2, -0.15) is 0 Å². The predicted molar refractivity (Wildman–Crippen MR) is 163 cm³/mol. The zero-order chi connectivity index (χ0) is 30.0. The standard InChI is InChI=1S/C34H43N3O6/c1-40-31-12-11-26(22-32(31)41-2)13-16-36(24-28-10-6-19-43-28)33(38)25-37(15-7-14-35-17-20-42-21-18-35)34(39)30-23-29(30)27-8-4-3-5-9-27/h3-6,8-12,19,22,29-30H,7,13-18,20-21,23-25H2,1-2H3. The molecule has 2 aromatic carbocycles. The van der Waals surface area contributed by atoms with E-state index in [2.05, 4.69) is 17.0 Å². The Morgan fingerprint density at radius 2 is 1.72 bits per heavy atom. The topological polar surface area (TPSA) is 84.7 Å². The highest BCUT2D eigenvalue weighted by Gasteiger charge is 2.46. The first-order chi connectivity index (χ1) is 21.1. The number of ether oxygens (including phenoxy) is 3. The molecule has 5 rings (SSSR count). The predicted octanol–water partition coefficient (Wildman–Crippen LogP) is 4.22. The van der Waals surface area contributed by atoms with Gasteiger partial charge in [0, 0.05) is 38.6 Å².